The van der Waals surface area contributed by atoms with Crippen molar-refractivity contribution >= 4 is 22.9 Å². The van der Waals surface area contributed by atoms with E-state index in [2.05, 4.69) is 10.2 Å². The maximum atomic E-state index is 5.62. The molecular formula is C10H17ClN2OS. The highest BCUT2D eigenvalue weighted by Gasteiger charge is 2.12. The summed E-state index contributed by atoms with van der Waals surface area (Å²) in [6, 6.07) is 0. The molecule has 0 saturated carbocycles. The Kier molecular flexibility index (Phi) is 4.96. The average Bonchev–Trinajstić information content (AvgIpc) is 2.58. The van der Waals surface area contributed by atoms with Crippen LogP contribution in [0.15, 0.2) is 0 Å². The lowest BCUT2D eigenvalue weighted by Gasteiger charge is -2.17. The molecule has 15 heavy (non-hydrogen) atoms. The number of ether oxygens (including phenoxy) is 1. The number of halogens is 1. The lowest BCUT2D eigenvalue weighted by Crippen LogP contribution is -2.18. The standard InChI is InChI=1S/C10H17ClN2OS/c1-10(2,3)14-7-9-13-12-8(15-9)5-4-6-11/h4-7H2,1-3H3. The van der Waals surface area contributed by atoms with E-state index in [9.17, 15) is 0 Å². The third-order valence-corrected chi connectivity index (χ3v) is 2.89. The molecule has 1 aromatic heterocycles. The van der Waals surface area contributed by atoms with Gasteiger partial charge in [-0.05, 0) is 27.2 Å². The Labute approximate surface area is 99.8 Å². The van der Waals surface area contributed by atoms with E-state index in [4.69, 9.17) is 16.3 Å². The van der Waals surface area contributed by atoms with Gasteiger partial charge in [0.25, 0.3) is 0 Å². The molecule has 0 radical (unpaired) electrons. The van der Waals surface area contributed by atoms with Gasteiger partial charge in [-0.1, -0.05) is 11.3 Å². The van der Waals surface area contributed by atoms with Gasteiger partial charge in [-0.2, -0.15) is 0 Å². The number of rotatable bonds is 5. The summed E-state index contributed by atoms with van der Waals surface area (Å²) in [7, 11) is 0. The van der Waals surface area contributed by atoms with Gasteiger partial charge in [0.05, 0.1) is 5.60 Å². The summed E-state index contributed by atoms with van der Waals surface area (Å²) in [5.41, 5.74) is -0.123. The molecule has 1 heterocycles. The average molecular weight is 249 g/mol. The van der Waals surface area contributed by atoms with Crippen molar-refractivity contribution in [3.63, 3.8) is 0 Å². The first-order valence-corrected chi connectivity index (χ1v) is 6.37. The molecular weight excluding hydrogens is 232 g/mol. The van der Waals surface area contributed by atoms with Gasteiger partial charge in [-0.15, -0.1) is 21.8 Å². The second-order valence-corrected chi connectivity index (χ2v) is 5.81. The second kappa shape index (κ2) is 5.77. The number of alkyl halides is 1. The maximum absolute atomic E-state index is 5.62. The van der Waals surface area contributed by atoms with E-state index in [1.165, 1.54) is 0 Å². The quantitative estimate of drug-likeness (QED) is 0.752. The van der Waals surface area contributed by atoms with E-state index in [1.54, 1.807) is 11.3 Å². The molecule has 1 rings (SSSR count). The predicted octanol–water partition coefficient (Wildman–Crippen LogP) is 3.02. The molecule has 0 atom stereocenters. The molecule has 0 fully saturated rings. The summed E-state index contributed by atoms with van der Waals surface area (Å²) in [5, 5.41) is 10.1. The second-order valence-electron chi connectivity index (χ2n) is 4.28. The minimum absolute atomic E-state index is 0.123. The Morgan fingerprint density at radius 1 is 1.27 bits per heavy atom. The first kappa shape index (κ1) is 12.9. The van der Waals surface area contributed by atoms with Crippen molar-refractivity contribution in [2.24, 2.45) is 0 Å². The van der Waals surface area contributed by atoms with Gasteiger partial charge >= 0.3 is 0 Å². The number of hydrogen-bond acceptors (Lipinski definition) is 4. The van der Waals surface area contributed by atoms with Crippen molar-refractivity contribution in [2.75, 3.05) is 5.88 Å². The summed E-state index contributed by atoms with van der Waals surface area (Å²) in [5.74, 6) is 0.674. The van der Waals surface area contributed by atoms with Crippen molar-refractivity contribution in [2.45, 2.75) is 45.8 Å². The third-order valence-electron chi connectivity index (χ3n) is 1.66. The molecule has 86 valence electrons. The van der Waals surface area contributed by atoms with Gasteiger partial charge < -0.3 is 4.74 Å². The Morgan fingerprint density at radius 2 is 1.93 bits per heavy atom. The highest BCUT2D eigenvalue weighted by molar-refractivity contribution is 7.11. The van der Waals surface area contributed by atoms with Crippen LogP contribution in [0.25, 0.3) is 0 Å². The van der Waals surface area contributed by atoms with Crippen LogP contribution in [0.3, 0.4) is 0 Å². The molecule has 1 aromatic rings. The van der Waals surface area contributed by atoms with E-state index in [-0.39, 0.29) is 5.60 Å². The van der Waals surface area contributed by atoms with Crippen LogP contribution in [0.4, 0.5) is 0 Å². The third kappa shape index (κ3) is 5.44. The van der Waals surface area contributed by atoms with Crippen LogP contribution in [0.5, 0.6) is 0 Å². The van der Waals surface area contributed by atoms with Crippen molar-refractivity contribution < 1.29 is 4.74 Å². The fourth-order valence-electron chi connectivity index (χ4n) is 0.944. The first-order valence-electron chi connectivity index (χ1n) is 5.02. The van der Waals surface area contributed by atoms with Crippen molar-refractivity contribution in [1.82, 2.24) is 10.2 Å². The highest BCUT2D eigenvalue weighted by atomic mass is 35.5. The van der Waals surface area contributed by atoms with Crippen LogP contribution in [-0.2, 0) is 17.8 Å². The summed E-state index contributed by atoms with van der Waals surface area (Å²) in [4.78, 5) is 0. The Balaban J connectivity index is 2.39. The normalized spacial score (nSPS) is 12.0. The minimum Gasteiger partial charge on any atom is -0.369 e. The van der Waals surface area contributed by atoms with Crippen LogP contribution < -0.4 is 0 Å². The molecule has 0 amide bonds. The van der Waals surface area contributed by atoms with Gasteiger partial charge in [-0.3, -0.25) is 0 Å². The minimum atomic E-state index is -0.123. The Hall–Kier alpha value is -0.190. The van der Waals surface area contributed by atoms with Crippen LogP contribution in [0.2, 0.25) is 0 Å². The zero-order chi connectivity index (χ0) is 11.3. The molecule has 0 aliphatic rings. The van der Waals surface area contributed by atoms with Crippen LogP contribution in [0, 0.1) is 0 Å². The van der Waals surface area contributed by atoms with Crippen molar-refractivity contribution in [1.29, 1.82) is 0 Å². The first-order chi connectivity index (χ1) is 7.01. The molecule has 0 N–H and O–H groups in total. The molecule has 5 heteroatoms. The monoisotopic (exact) mass is 248 g/mol. The molecule has 0 unspecified atom stereocenters. The molecule has 0 aliphatic heterocycles. The largest absolute Gasteiger partial charge is 0.369 e. The Bertz CT molecular complexity index is 296. The van der Waals surface area contributed by atoms with Crippen molar-refractivity contribution in [3.05, 3.63) is 10.0 Å². The van der Waals surface area contributed by atoms with Crippen LogP contribution in [0.1, 0.15) is 37.2 Å². The molecule has 0 spiro atoms. The van der Waals surface area contributed by atoms with Gasteiger partial charge in [0, 0.05) is 12.3 Å². The van der Waals surface area contributed by atoms with Crippen molar-refractivity contribution in [3.8, 4) is 0 Å². The number of aromatic nitrogens is 2. The summed E-state index contributed by atoms with van der Waals surface area (Å²) < 4.78 is 5.62. The number of hydrogen-bond donors (Lipinski definition) is 0. The summed E-state index contributed by atoms with van der Waals surface area (Å²) in [6.45, 7) is 6.63. The van der Waals surface area contributed by atoms with Gasteiger partial charge in [0.15, 0.2) is 0 Å². The van der Waals surface area contributed by atoms with E-state index in [1.807, 2.05) is 20.8 Å². The number of nitrogens with zero attached hydrogens (tertiary/aromatic N) is 2. The van der Waals surface area contributed by atoms with E-state index >= 15 is 0 Å². The summed E-state index contributed by atoms with van der Waals surface area (Å²) >= 11 is 7.22. The zero-order valence-corrected chi connectivity index (χ0v) is 11.0. The van der Waals surface area contributed by atoms with E-state index < -0.39 is 0 Å². The van der Waals surface area contributed by atoms with Gasteiger partial charge in [-0.25, -0.2) is 0 Å². The fourth-order valence-corrected chi connectivity index (χ4v) is 1.88. The van der Waals surface area contributed by atoms with Crippen LogP contribution >= 0.6 is 22.9 Å². The van der Waals surface area contributed by atoms with E-state index in [0.29, 0.717) is 12.5 Å². The lowest BCUT2D eigenvalue weighted by molar-refractivity contribution is -0.0152. The lowest BCUT2D eigenvalue weighted by atomic mass is 10.2. The Morgan fingerprint density at radius 3 is 2.53 bits per heavy atom. The number of aryl methyl sites for hydroxylation is 1. The maximum Gasteiger partial charge on any atom is 0.143 e. The summed E-state index contributed by atoms with van der Waals surface area (Å²) in [6.07, 6.45) is 1.87. The molecule has 3 nitrogen and oxygen atoms in total. The molecule has 0 saturated heterocycles. The van der Waals surface area contributed by atoms with Gasteiger partial charge in [0.2, 0.25) is 0 Å². The van der Waals surface area contributed by atoms with E-state index in [0.717, 1.165) is 22.9 Å². The topological polar surface area (TPSA) is 35.0 Å². The predicted molar refractivity (Wildman–Crippen MR) is 63.5 cm³/mol. The zero-order valence-electron chi connectivity index (χ0n) is 9.42. The molecule has 0 aliphatic carbocycles. The highest BCUT2D eigenvalue weighted by Crippen LogP contribution is 2.16. The SMILES string of the molecule is CC(C)(C)OCc1nnc(CCCCl)s1. The smallest absolute Gasteiger partial charge is 0.143 e. The fraction of sp³-hybridized carbons (Fsp3) is 0.800. The molecule has 0 bridgehead atoms. The van der Waals surface area contributed by atoms with Crippen LogP contribution in [-0.4, -0.2) is 21.7 Å². The molecule has 0 aromatic carbocycles. The van der Waals surface area contributed by atoms with Gasteiger partial charge in [0.1, 0.15) is 16.6 Å².